The molecule has 4 atom stereocenters. The summed E-state index contributed by atoms with van der Waals surface area (Å²) in [7, 11) is 0. The summed E-state index contributed by atoms with van der Waals surface area (Å²) in [6.45, 7) is 0.0702. The number of halogens is 1. The van der Waals surface area contributed by atoms with Crippen molar-refractivity contribution in [1.29, 1.82) is 0 Å². The predicted octanol–water partition coefficient (Wildman–Crippen LogP) is 3.60. The van der Waals surface area contributed by atoms with Crippen molar-refractivity contribution in [2.24, 2.45) is 17.0 Å². The highest BCUT2D eigenvalue weighted by atomic mass is 19.1. The number of carboxylic acid groups (broad SMARTS) is 1. The molecular weight excluding hydrogens is 393 g/mol. The summed E-state index contributed by atoms with van der Waals surface area (Å²) < 4.78 is 18.4. The van der Waals surface area contributed by atoms with Crippen molar-refractivity contribution in [3.05, 3.63) is 30.1 Å². The Hall–Kier alpha value is -2.19. The first-order valence-corrected chi connectivity index (χ1v) is 10.6. The van der Waals surface area contributed by atoms with Gasteiger partial charge in [0.25, 0.3) is 0 Å². The van der Waals surface area contributed by atoms with Crippen molar-refractivity contribution < 1.29 is 34.4 Å². The summed E-state index contributed by atoms with van der Waals surface area (Å²) in [4.78, 5) is 10.5. The first-order chi connectivity index (χ1) is 14.4. The lowest BCUT2D eigenvalue weighted by atomic mass is 9.85. The fourth-order valence-corrected chi connectivity index (χ4v) is 4.11. The van der Waals surface area contributed by atoms with Gasteiger partial charge in [0.15, 0.2) is 0 Å². The molecule has 0 radical (unpaired) electrons. The molecule has 1 fully saturated rings. The van der Waals surface area contributed by atoms with E-state index < -0.39 is 18.2 Å². The van der Waals surface area contributed by atoms with Gasteiger partial charge in [-0.15, -0.1) is 0 Å². The van der Waals surface area contributed by atoms with Gasteiger partial charge in [0.1, 0.15) is 18.2 Å². The van der Waals surface area contributed by atoms with E-state index >= 15 is 0 Å². The number of nitrogens with zero attached hydrogens (tertiary/aromatic N) is 1. The van der Waals surface area contributed by atoms with E-state index in [0.29, 0.717) is 37.1 Å². The highest BCUT2D eigenvalue weighted by molar-refractivity contribution is 5.89. The maximum Gasteiger partial charge on any atom is 0.303 e. The van der Waals surface area contributed by atoms with Gasteiger partial charge in [0.2, 0.25) is 0 Å². The van der Waals surface area contributed by atoms with Gasteiger partial charge in [-0.2, -0.15) is 0 Å². The average Bonchev–Trinajstić information content (AvgIpc) is 3.03. The number of ether oxygens (including phenoxy) is 1. The molecule has 168 valence electrons. The van der Waals surface area contributed by atoms with Crippen molar-refractivity contribution in [3.8, 4) is 5.75 Å². The van der Waals surface area contributed by atoms with E-state index in [-0.39, 0.29) is 30.7 Å². The average molecular weight is 425 g/mol. The Labute approximate surface area is 176 Å². The lowest BCUT2D eigenvalue weighted by Crippen LogP contribution is -2.24. The van der Waals surface area contributed by atoms with Gasteiger partial charge in [0, 0.05) is 18.8 Å². The molecule has 0 saturated heterocycles. The number of rotatable bonds is 13. The Balaban J connectivity index is 1.76. The summed E-state index contributed by atoms with van der Waals surface area (Å²) >= 11 is 0. The van der Waals surface area contributed by atoms with Crippen molar-refractivity contribution in [3.63, 3.8) is 0 Å². The van der Waals surface area contributed by atoms with Crippen LogP contribution < -0.4 is 4.74 Å². The molecule has 1 aromatic rings. The van der Waals surface area contributed by atoms with Crippen molar-refractivity contribution in [2.75, 3.05) is 6.61 Å². The number of benzene rings is 1. The van der Waals surface area contributed by atoms with Crippen LogP contribution in [0.15, 0.2) is 29.4 Å². The maximum atomic E-state index is 12.9. The Bertz CT molecular complexity index is 681. The van der Waals surface area contributed by atoms with Gasteiger partial charge < -0.3 is 25.3 Å². The zero-order chi connectivity index (χ0) is 21.9. The van der Waals surface area contributed by atoms with Crippen LogP contribution in [0.1, 0.15) is 57.8 Å². The second-order valence-corrected chi connectivity index (χ2v) is 7.98. The number of aliphatic carboxylic acids is 1. The third-order valence-electron chi connectivity index (χ3n) is 5.73. The Morgan fingerprint density at radius 1 is 1.17 bits per heavy atom. The van der Waals surface area contributed by atoms with E-state index in [0.717, 1.165) is 25.7 Å². The highest BCUT2D eigenvalue weighted by Gasteiger charge is 2.39. The van der Waals surface area contributed by atoms with Crippen LogP contribution >= 0.6 is 0 Å². The molecule has 0 aliphatic heterocycles. The van der Waals surface area contributed by atoms with E-state index in [1.165, 1.54) is 24.3 Å². The zero-order valence-corrected chi connectivity index (χ0v) is 17.1. The molecule has 2 rings (SSSR count). The third kappa shape index (κ3) is 7.91. The van der Waals surface area contributed by atoms with Gasteiger partial charge in [-0.25, -0.2) is 4.39 Å². The maximum absolute atomic E-state index is 12.9. The van der Waals surface area contributed by atoms with Crippen LogP contribution in [0.2, 0.25) is 0 Å². The monoisotopic (exact) mass is 425 g/mol. The highest BCUT2D eigenvalue weighted by Crippen LogP contribution is 2.37. The topological polar surface area (TPSA) is 120 Å². The van der Waals surface area contributed by atoms with Crippen LogP contribution in [0, 0.1) is 17.7 Å². The van der Waals surface area contributed by atoms with Crippen molar-refractivity contribution >= 4 is 11.7 Å². The number of carboxylic acids is 1. The fourth-order valence-electron chi connectivity index (χ4n) is 4.11. The number of hydrogen-bond donors (Lipinski definition) is 4. The molecule has 0 bridgehead atoms. The van der Waals surface area contributed by atoms with Gasteiger partial charge in [-0.3, -0.25) is 4.79 Å². The number of unbranched alkanes of at least 4 members (excludes halogenated alkanes) is 3. The molecular formula is C22H32FNO6. The molecule has 1 aromatic carbocycles. The second kappa shape index (κ2) is 12.5. The molecule has 0 amide bonds. The van der Waals surface area contributed by atoms with E-state index in [4.69, 9.17) is 9.84 Å². The number of oxime groups is 1. The quantitative estimate of drug-likeness (QED) is 0.218. The van der Waals surface area contributed by atoms with Crippen LogP contribution in [0.5, 0.6) is 5.75 Å². The summed E-state index contributed by atoms with van der Waals surface area (Å²) in [5.41, 5.74) is 0.560. The molecule has 0 spiro atoms. The Morgan fingerprint density at radius 2 is 1.87 bits per heavy atom. The first kappa shape index (κ1) is 24.1. The summed E-state index contributed by atoms with van der Waals surface area (Å²) in [5, 5.41) is 42.0. The molecule has 4 N–H and O–H groups in total. The summed E-state index contributed by atoms with van der Waals surface area (Å²) in [6, 6.07) is 5.58. The standard InChI is InChI=1S/C22H32FNO6/c23-15-7-10-17(11-8-15)30-14-16(25)9-12-18-19(21(26)13-20(18)24-29)5-3-1-2-4-6-22(27)28/h7-8,10-11,16,18-19,21,25-26,29H,1-6,9,12-14H2,(H,27,28)/b24-20-/t16-,18?,19-,21+/m1/s1. The third-order valence-corrected chi connectivity index (χ3v) is 5.73. The molecule has 1 saturated carbocycles. The molecule has 1 aliphatic rings. The molecule has 0 aromatic heterocycles. The summed E-state index contributed by atoms with van der Waals surface area (Å²) in [5.74, 6) is -0.811. The second-order valence-electron chi connectivity index (χ2n) is 7.98. The smallest absolute Gasteiger partial charge is 0.303 e. The van der Waals surface area contributed by atoms with Gasteiger partial charge in [-0.05, 0) is 55.9 Å². The van der Waals surface area contributed by atoms with Gasteiger partial charge in [-0.1, -0.05) is 24.4 Å². The molecule has 7 nitrogen and oxygen atoms in total. The van der Waals surface area contributed by atoms with Gasteiger partial charge >= 0.3 is 5.97 Å². The predicted molar refractivity (Wildman–Crippen MR) is 109 cm³/mol. The molecule has 8 heteroatoms. The normalized spacial score (nSPS) is 23.6. The van der Waals surface area contributed by atoms with E-state index in [9.17, 15) is 24.6 Å². The molecule has 1 aliphatic carbocycles. The van der Waals surface area contributed by atoms with Gasteiger partial charge in [0.05, 0.1) is 17.9 Å². The molecule has 0 heterocycles. The minimum atomic E-state index is -0.785. The van der Waals surface area contributed by atoms with E-state index in [1.54, 1.807) is 0 Å². The number of hydrogen-bond acceptors (Lipinski definition) is 6. The minimum Gasteiger partial charge on any atom is -0.491 e. The fraction of sp³-hybridized carbons (Fsp3) is 0.636. The van der Waals surface area contributed by atoms with Crippen LogP contribution in [0.3, 0.4) is 0 Å². The van der Waals surface area contributed by atoms with Crippen molar-refractivity contribution in [2.45, 2.75) is 70.0 Å². The Morgan fingerprint density at radius 3 is 2.53 bits per heavy atom. The van der Waals surface area contributed by atoms with Crippen LogP contribution in [-0.2, 0) is 4.79 Å². The van der Waals surface area contributed by atoms with E-state index in [1.807, 2.05) is 0 Å². The molecule has 1 unspecified atom stereocenters. The molecule has 30 heavy (non-hydrogen) atoms. The zero-order valence-electron chi connectivity index (χ0n) is 17.1. The van der Waals surface area contributed by atoms with Crippen LogP contribution in [0.4, 0.5) is 4.39 Å². The largest absolute Gasteiger partial charge is 0.491 e. The van der Waals surface area contributed by atoms with E-state index in [2.05, 4.69) is 5.16 Å². The lowest BCUT2D eigenvalue weighted by Gasteiger charge is -2.23. The van der Waals surface area contributed by atoms with Crippen LogP contribution in [-0.4, -0.2) is 51.0 Å². The van der Waals surface area contributed by atoms with Crippen LogP contribution in [0.25, 0.3) is 0 Å². The summed E-state index contributed by atoms with van der Waals surface area (Å²) in [6.07, 6.45) is 4.18. The lowest BCUT2D eigenvalue weighted by molar-refractivity contribution is -0.137. The number of aliphatic hydroxyl groups excluding tert-OH is 2. The number of carbonyl (C=O) groups is 1. The Kier molecular flexibility index (Phi) is 10.0. The minimum absolute atomic E-state index is 0.0411. The first-order valence-electron chi connectivity index (χ1n) is 10.6. The number of aliphatic hydroxyl groups is 2. The SMILES string of the molecule is O=C(O)CCCCCC[C@@H]1C(CC[C@@H](O)COc2ccc(F)cc2)/C(=N\O)C[C@@H]1O. The van der Waals surface area contributed by atoms with Crippen molar-refractivity contribution in [1.82, 2.24) is 0 Å².